The third-order valence-corrected chi connectivity index (χ3v) is 10.6. The molecule has 5 heteroatoms. The summed E-state index contributed by atoms with van der Waals surface area (Å²) in [6, 6.07) is 0. The van der Waals surface area contributed by atoms with E-state index in [0.29, 0.717) is 19.4 Å². The molecule has 1 atom stereocenters. The van der Waals surface area contributed by atoms with Crippen molar-refractivity contribution in [2.75, 3.05) is 19.8 Å². The van der Waals surface area contributed by atoms with E-state index in [9.17, 15) is 9.59 Å². The average molecular weight is 811 g/mol. The first-order chi connectivity index (χ1) is 28.6. The van der Waals surface area contributed by atoms with E-state index in [0.717, 1.165) is 83.5 Å². The zero-order chi connectivity index (χ0) is 42.1. The van der Waals surface area contributed by atoms with Gasteiger partial charge >= 0.3 is 11.9 Å². The number of hydrogen-bond acceptors (Lipinski definition) is 5. The molecule has 58 heavy (non-hydrogen) atoms. The summed E-state index contributed by atoms with van der Waals surface area (Å²) in [5, 5.41) is 0. The Morgan fingerprint density at radius 1 is 0.397 bits per heavy atom. The Bertz CT molecular complexity index is 1010. The lowest BCUT2D eigenvalue weighted by atomic mass is 10.1. The number of carbonyl (C=O) groups excluding carboxylic acids is 2. The van der Waals surface area contributed by atoms with Crippen LogP contribution in [0.4, 0.5) is 0 Å². The summed E-state index contributed by atoms with van der Waals surface area (Å²) < 4.78 is 17.3. The molecule has 5 nitrogen and oxygen atoms in total. The highest BCUT2D eigenvalue weighted by Crippen LogP contribution is 2.14. The van der Waals surface area contributed by atoms with E-state index >= 15 is 0 Å². The van der Waals surface area contributed by atoms with Gasteiger partial charge in [-0.1, -0.05) is 223 Å². The van der Waals surface area contributed by atoms with E-state index in [1.807, 2.05) is 0 Å². The molecular weight excluding hydrogens is 717 g/mol. The lowest BCUT2D eigenvalue weighted by Gasteiger charge is -2.18. The number of rotatable bonds is 45. The zero-order valence-corrected chi connectivity index (χ0v) is 38.6. The summed E-state index contributed by atoms with van der Waals surface area (Å²) >= 11 is 0. The summed E-state index contributed by atoms with van der Waals surface area (Å²) in [6.45, 7) is 7.69. The smallest absolute Gasteiger partial charge is 0.306 e. The number of hydrogen-bond donors (Lipinski definition) is 0. The maximum absolute atomic E-state index is 12.7. The molecule has 0 N–H and O–H groups in total. The van der Waals surface area contributed by atoms with Gasteiger partial charge in [0.15, 0.2) is 6.10 Å². The van der Waals surface area contributed by atoms with Crippen LogP contribution in [0, 0.1) is 0 Å². The molecule has 0 rings (SSSR count). The SMILES string of the molecule is CC/C=C\C/C=C\C/C=C\C/C=C\C/C=C\CCCCCC(=O)OCC(COCCCCCCCCCCCCCC)OC(=O)CCCCCCCCCCCCC. The Labute approximate surface area is 360 Å². The minimum Gasteiger partial charge on any atom is -0.462 e. The van der Waals surface area contributed by atoms with Crippen molar-refractivity contribution in [2.24, 2.45) is 0 Å². The Morgan fingerprint density at radius 2 is 0.776 bits per heavy atom. The Hall–Kier alpha value is -2.40. The van der Waals surface area contributed by atoms with Crippen LogP contribution < -0.4 is 0 Å². The van der Waals surface area contributed by atoms with Crippen molar-refractivity contribution < 1.29 is 23.8 Å². The third-order valence-electron chi connectivity index (χ3n) is 10.6. The van der Waals surface area contributed by atoms with Crippen molar-refractivity contribution in [3.05, 3.63) is 60.8 Å². The zero-order valence-electron chi connectivity index (χ0n) is 38.6. The van der Waals surface area contributed by atoms with Gasteiger partial charge in [0.05, 0.1) is 6.61 Å². The second kappa shape index (κ2) is 49.0. The summed E-state index contributed by atoms with van der Waals surface area (Å²) in [7, 11) is 0. The predicted octanol–water partition coefficient (Wildman–Crippen LogP) is 16.6. The van der Waals surface area contributed by atoms with Crippen molar-refractivity contribution in [2.45, 2.75) is 245 Å². The maximum atomic E-state index is 12.7. The highest BCUT2D eigenvalue weighted by Gasteiger charge is 2.17. The second-order valence-electron chi connectivity index (χ2n) is 16.4. The lowest BCUT2D eigenvalue weighted by Crippen LogP contribution is -2.30. The molecule has 0 aromatic heterocycles. The summed E-state index contributed by atoms with van der Waals surface area (Å²) in [6.07, 6.45) is 60.8. The van der Waals surface area contributed by atoms with E-state index in [-0.39, 0.29) is 25.2 Å². The highest BCUT2D eigenvalue weighted by atomic mass is 16.6. The van der Waals surface area contributed by atoms with Gasteiger partial charge in [-0.2, -0.15) is 0 Å². The van der Waals surface area contributed by atoms with Gasteiger partial charge in [-0.25, -0.2) is 0 Å². The molecule has 0 fully saturated rings. The van der Waals surface area contributed by atoms with Crippen LogP contribution in [-0.2, 0) is 23.8 Å². The Balaban J connectivity index is 4.27. The molecule has 0 radical (unpaired) electrons. The molecule has 1 unspecified atom stereocenters. The largest absolute Gasteiger partial charge is 0.462 e. The summed E-state index contributed by atoms with van der Waals surface area (Å²) in [4.78, 5) is 25.3. The van der Waals surface area contributed by atoms with Crippen LogP contribution in [0.3, 0.4) is 0 Å². The first-order valence-corrected chi connectivity index (χ1v) is 24.8. The normalized spacial score (nSPS) is 12.7. The Kier molecular flexibility index (Phi) is 46.9. The predicted molar refractivity (Wildman–Crippen MR) is 251 cm³/mol. The van der Waals surface area contributed by atoms with Crippen LogP contribution >= 0.6 is 0 Å². The average Bonchev–Trinajstić information content (AvgIpc) is 3.22. The molecular formula is C53H94O5. The van der Waals surface area contributed by atoms with Crippen molar-refractivity contribution in [3.8, 4) is 0 Å². The summed E-state index contributed by atoms with van der Waals surface area (Å²) in [5.74, 6) is -0.428. The fourth-order valence-electron chi connectivity index (χ4n) is 6.89. The van der Waals surface area contributed by atoms with Crippen LogP contribution in [0.1, 0.15) is 239 Å². The molecule has 336 valence electrons. The van der Waals surface area contributed by atoms with Crippen molar-refractivity contribution in [3.63, 3.8) is 0 Å². The van der Waals surface area contributed by atoms with Gasteiger partial charge in [0.1, 0.15) is 6.61 Å². The molecule has 0 aliphatic rings. The van der Waals surface area contributed by atoms with E-state index in [1.165, 1.54) is 122 Å². The van der Waals surface area contributed by atoms with Gasteiger partial charge < -0.3 is 14.2 Å². The van der Waals surface area contributed by atoms with Gasteiger partial charge in [-0.3, -0.25) is 9.59 Å². The molecule has 0 aromatic carbocycles. The van der Waals surface area contributed by atoms with E-state index in [4.69, 9.17) is 14.2 Å². The minimum absolute atomic E-state index is 0.0707. The molecule has 0 aliphatic heterocycles. The molecule has 0 aromatic rings. The second-order valence-corrected chi connectivity index (χ2v) is 16.4. The van der Waals surface area contributed by atoms with Crippen LogP contribution in [0.5, 0.6) is 0 Å². The standard InChI is InChI=1S/C53H94O5/c1-4-7-10-13-16-19-22-24-25-26-27-28-29-30-32-34-37-40-43-46-52(54)57-50-51(49-56-48-45-42-39-36-33-23-20-17-14-11-8-5-2)58-53(55)47-44-41-38-35-31-21-18-15-12-9-6-3/h7,10,16,19,24-25,27-28,30,32,51H,4-6,8-9,11-15,17-18,20-23,26,29,31,33-50H2,1-3H3/b10-7-,19-16-,25-24-,28-27-,32-30-. The van der Waals surface area contributed by atoms with E-state index < -0.39 is 6.10 Å². The fraction of sp³-hybridized carbons (Fsp3) is 0.774. The van der Waals surface area contributed by atoms with E-state index in [1.54, 1.807) is 0 Å². The number of esters is 2. The van der Waals surface area contributed by atoms with Crippen LogP contribution in [0.2, 0.25) is 0 Å². The number of carbonyl (C=O) groups is 2. The maximum Gasteiger partial charge on any atom is 0.306 e. The highest BCUT2D eigenvalue weighted by molar-refractivity contribution is 5.70. The van der Waals surface area contributed by atoms with Gasteiger partial charge in [0, 0.05) is 19.4 Å². The van der Waals surface area contributed by atoms with Crippen LogP contribution in [0.15, 0.2) is 60.8 Å². The molecule has 0 heterocycles. The molecule has 0 aliphatic carbocycles. The number of ether oxygens (including phenoxy) is 3. The fourth-order valence-corrected chi connectivity index (χ4v) is 6.89. The van der Waals surface area contributed by atoms with Gasteiger partial charge in [0.2, 0.25) is 0 Å². The van der Waals surface area contributed by atoms with Crippen molar-refractivity contribution >= 4 is 11.9 Å². The molecule has 0 saturated heterocycles. The van der Waals surface area contributed by atoms with Gasteiger partial charge in [-0.15, -0.1) is 0 Å². The third kappa shape index (κ3) is 46.3. The molecule has 0 bridgehead atoms. The monoisotopic (exact) mass is 811 g/mol. The van der Waals surface area contributed by atoms with Gasteiger partial charge in [-0.05, 0) is 64.2 Å². The molecule has 0 spiro atoms. The van der Waals surface area contributed by atoms with Crippen molar-refractivity contribution in [1.29, 1.82) is 0 Å². The van der Waals surface area contributed by atoms with Gasteiger partial charge in [0.25, 0.3) is 0 Å². The molecule has 0 saturated carbocycles. The van der Waals surface area contributed by atoms with Crippen molar-refractivity contribution in [1.82, 2.24) is 0 Å². The minimum atomic E-state index is -0.545. The van der Waals surface area contributed by atoms with E-state index in [2.05, 4.69) is 81.5 Å². The molecule has 0 amide bonds. The quantitative estimate of drug-likeness (QED) is 0.0348. The number of allylic oxidation sites excluding steroid dienone is 10. The van der Waals surface area contributed by atoms with Crippen LogP contribution in [-0.4, -0.2) is 37.9 Å². The Morgan fingerprint density at radius 3 is 1.24 bits per heavy atom. The first kappa shape index (κ1) is 55.6. The summed E-state index contributed by atoms with van der Waals surface area (Å²) in [5.41, 5.74) is 0. The lowest BCUT2D eigenvalue weighted by molar-refractivity contribution is -0.163. The first-order valence-electron chi connectivity index (χ1n) is 24.8. The topological polar surface area (TPSA) is 61.8 Å². The number of unbranched alkanes of at least 4 members (excludes halogenated alkanes) is 24. The van der Waals surface area contributed by atoms with Crippen LogP contribution in [0.25, 0.3) is 0 Å².